The number of hydrogen-bond donors (Lipinski definition) is 1. The van der Waals surface area contributed by atoms with Crippen molar-refractivity contribution in [3.8, 4) is 11.5 Å². The van der Waals surface area contributed by atoms with Crippen LogP contribution < -0.4 is 14.4 Å². The van der Waals surface area contributed by atoms with E-state index in [9.17, 15) is 19.5 Å². The minimum Gasteiger partial charge on any atom is -0.507 e. The number of ether oxygens (including phenoxy) is 3. The van der Waals surface area contributed by atoms with Crippen molar-refractivity contribution in [2.75, 3.05) is 18.1 Å². The zero-order chi connectivity index (χ0) is 29.3. The van der Waals surface area contributed by atoms with Gasteiger partial charge in [-0.25, -0.2) is 9.78 Å². The van der Waals surface area contributed by atoms with Gasteiger partial charge in [0.15, 0.2) is 5.13 Å². The van der Waals surface area contributed by atoms with E-state index in [-0.39, 0.29) is 40.7 Å². The maximum atomic E-state index is 13.6. The summed E-state index contributed by atoms with van der Waals surface area (Å²) in [5.74, 6) is -1.50. The van der Waals surface area contributed by atoms with E-state index in [4.69, 9.17) is 14.2 Å². The minimum atomic E-state index is -1.05. The molecule has 2 atom stereocenters. The molecule has 2 aliphatic rings. The van der Waals surface area contributed by atoms with Crippen LogP contribution in [0.1, 0.15) is 45.0 Å². The van der Waals surface area contributed by atoms with Crippen LogP contribution in [0.2, 0.25) is 0 Å². The maximum absolute atomic E-state index is 13.6. The molecule has 0 unspecified atom stereocenters. The number of rotatable bonds is 9. The van der Waals surface area contributed by atoms with Crippen LogP contribution in [0.5, 0.6) is 11.5 Å². The van der Waals surface area contributed by atoms with E-state index in [1.807, 2.05) is 6.92 Å². The second-order valence-corrected chi connectivity index (χ2v) is 10.6. The van der Waals surface area contributed by atoms with Gasteiger partial charge < -0.3 is 19.3 Å². The number of benzene rings is 2. The van der Waals surface area contributed by atoms with Crippen LogP contribution in [-0.2, 0) is 20.7 Å². The van der Waals surface area contributed by atoms with E-state index in [0.717, 1.165) is 16.9 Å². The first-order chi connectivity index (χ1) is 19.7. The molecule has 1 fully saturated rings. The number of thiazole rings is 1. The van der Waals surface area contributed by atoms with Crippen LogP contribution in [0, 0.1) is 6.92 Å². The van der Waals surface area contributed by atoms with E-state index in [0.29, 0.717) is 34.7 Å². The van der Waals surface area contributed by atoms with Crippen LogP contribution >= 0.6 is 11.3 Å². The molecule has 10 heteroatoms. The predicted octanol–water partition coefficient (Wildman–Crippen LogP) is 5.31. The largest absolute Gasteiger partial charge is 0.507 e. The van der Waals surface area contributed by atoms with Crippen molar-refractivity contribution in [1.29, 1.82) is 0 Å². The van der Waals surface area contributed by atoms with Gasteiger partial charge in [0.1, 0.15) is 41.5 Å². The molecule has 0 aliphatic carbocycles. The quantitative estimate of drug-likeness (QED) is 0.121. The third-order valence-electron chi connectivity index (χ3n) is 6.66. The van der Waals surface area contributed by atoms with Crippen LogP contribution in [-0.4, -0.2) is 47.1 Å². The molecule has 5 rings (SSSR count). The molecule has 1 amide bonds. The van der Waals surface area contributed by atoms with Crippen molar-refractivity contribution in [2.24, 2.45) is 0 Å². The predicted molar refractivity (Wildman–Crippen MR) is 154 cm³/mol. The van der Waals surface area contributed by atoms with Crippen molar-refractivity contribution >= 4 is 39.9 Å². The Bertz CT molecular complexity index is 1610. The fourth-order valence-corrected chi connectivity index (χ4v) is 5.86. The van der Waals surface area contributed by atoms with Crippen LogP contribution in [0.15, 0.2) is 73.3 Å². The van der Waals surface area contributed by atoms with E-state index >= 15 is 0 Å². The van der Waals surface area contributed by atoms with Gasteiger partial charge in [-0.1, -0.05) is 48.8 Å². The highest BCUT2D eigenvalue weighted by Gasteiger charge is 2.48. The third-order valence-corrected chi connectivity index (χ3v) is 7.80. The van der Waals surface area contributed by atoms with Gasteiger partial charge in [0.2, 0.25) is 0 Å². The molecule has 41 heavy (non-hydrogen) atoms. The summed E-state index contributed by atoms with van der Waals surface area (Å²) in [6.07, 6.45) is 3.69. The van der Waals surface area contributed by atoms with E-state index < -0.39 is 23.7 Å². The van der Waals surface area contributed by atoms with E-state index in [1.165, 1.54) is 11.0 Å². The lowest BCUT2D eigenvalue weighted by atomic mass is 9.94. The molecule has 1 saturated heterocycles. The van der Waals surface area contributed by atoms with Gasteiger partial charge >= 0.3 is 11.9 Å². The zero-order valence-corrected chi connectivity index (χ0v) is 23.4. The summed E-state index contributed by atoms with van der Waals surface area (Å²) < 4.78 is 16.6. The second-order valence-electron chi connectivity index (χ2n) is 9.59. The van der Waals surface area contributed by atoms with Crippen molar-refractivity contribution < 1.29 is 33.7 Å². The van der Waals surface area contributed by atoms with Gasteiger partial charge in [0, 0.05) is 12.0 Å². The SMILES string of the molecule is C=CCOC(=O)c1sc(N2C(=O)C(=O)/C(=C(/O)c3ccc4c(c3)C[C@@H](C)O4)[C@H]2c2cccc(OCC=C)c2)nc1C. The number of anilines is 1. The summed E-state index contributed by atoms with van der Waals surface area (Å²) in [5.41, 5.74) is 2.02. The monoisotopic (exact) mass is 572 g/mol. The van der Waals surface area contributed by atoms with Crippen LogP contribution in [0.25, 0.3) is 5.76 Å². The number of ketones is 1. The van der Waals surface area contributed by atoms with Crippen molar-refractivity contribution in [2.45, 2.75) is 32.4 Å². The molecule has 3 aromatic rings. The van der Waals surface area contributed by atoms with Gasteiger partial charge in [-0.2, -0.15) is 0 Å². The van der Waals surface area contributed by atoms with Crippen LogP contribution in [0.3, 0.4) is 0 Å². The number of carbonyl (C=O) groups is 3. The standard InChI is InChI=1S/C31H28N2O7S/c1-5-12-38-22-9-7-8-19(16-22)25-24(26(34)20-10-11-23-21(15-20)14-17(3)40-23)27(35)29(36)33(25)31-32-18(4)28(41-31)30(37)39-13-6-2/h5-11,15-17,25,34H,1-2,12-14H2,3-4H3/b26-24+/t17-,25-/m1/s1. The molecule has 0 radical (unpaired) electrons. The average molecular weight is 573 g/mol. The molecule has 3 heterocycles. The number of aryl methyl sites for hydroxylation is 1. The van der Waals surface area contributed by atoms with Crippen LogP contribution in [0.4, 0.5) is 5.13 Å². The summed E-state index contributed by atoms with van der Waals surface area (Å²) in [6, 6.07) is 11.0. The number of Topliss-reactive ketones (excluding diaryl/α,β-unsaturated/α-hetero) is 1. The molecule has 1 N–H and O–H groups in total. The van der Waals surface area contributed by atoms with Crippen molar-refractivity contribution in [3.63, 3.8) is 0 Å². The number of hydrogen-bond acceptors (Lipinski definition) is 9. The number of carbonyl (C=O) groups excluding carboxylic acids is 3. The Morgan fingerprint density at radius 2 is 1.98 bits per heavy atom. The lowest BCUT2D eigenvalue weighted by Gasteiger charge is -2.23. The number of aliphatic hydroxyl groups excluding tert-OH is 1. The number of fused-ring (bicyclic) bond motifs is 1. The summed E-state index contributed by atoms with van der Waals surface area (Å²) >= 11 is 0.931. The van der Waals surface area contributed by atoms with E-state index in [2.05, 4.69) is 18.1 Å². The zero-order valence-electron chi connectivity index (χ0n) is 22.6. The smallest absolute Gasteiger partial charge is 0.350 e. The topological polar surface area (TPSA) is 115 Å². The first-order valence-corrected chi connectivity index (χ1v) is 13.7. The first kappa shape index (κ1) is 27.9. The highest BCUT2D eigenvalue weighted by atomic mass is 32.1. The summed E-state index contributed by atoms with van der Waals surface area (Å²) in [5, 5.41) is 11.7. The summed E-state index contributed by atoms with van der Waals surface area (Å²) in [6.45, 7) is 11.0. The molecule has 0 saturated carbocycles. The Hall–Kier alpha value is -4.70. The molecular weight excluding hydrogens is 544 g/mol. The third kappa shape index (κ3) is 5.26. The molecule has 2 aliphatic heterocycles. The van der Waals surface area contributed by atoms with Gasteiger partial charge in [-0.15, -0.1) is 0 Å². The van der Waals surface area contributed by atoms with Gasteiger partial charge in [-0.3, -0.25) is 14.5 Å². The Balaban J connectivity index is 1.65. The number of esters is 1. The molecule has 210 valence electrons. The summed E-state index contributed by atoms with van der Waals surface area (Å²) in [7, 11) is 0. The van der Waals surface area contributed by atoms with Crippen molar-refractivity contribution in [1.82, 2.24) is 4.98 Å². The van der Waals surface area contributed by atoms with Crippen molar-refractivity contribution in [3.05, 3.63) is 101 Å². The Morgan fingerprint density at radius 3 is 2.73 bits per heavy atom. The number of nitrogens with zero attached hydrogens (tertiary/aromatic N) is 2. The fourth-order valence-electron chi connectivity index (χ4n) is 4.87. The Labute approximate surface area is 241 Å². The molecule has 0 spiro atoms. The Morgan fingerprint density at radius 1 is 1.20 bits per heavy atom. The highest BCUT2D eigenvalue weighted by Crippen LogP contribution is 2.45. The van der Waals surface area contributed by atoms with Gasteiger partial charge in [-0.05, 0) is 55.3 Å². The molecular formula is C31H28N2O7S. The molecule has 0 bridgehead atoms. The second kappa shape index (κ2) is 11.4. The van der Waals surface area contributed by atoms with Gasteiger partial charge in [0.25, 0.3) is 5.78 Å². The Kier molecular flexibility index (Phi) is 7.76. The fraction of sp³-hybridized carbons (Fsp3) is 0.226. The minimum absolute atomic E-state index is 0.00760. The molecule has 9 nitrogen and oxygen atoms in total. The normalized spacial score (nSPS) is 19.0. The molecule has 2 aromatic carbocycles. The summed E-state index contributed by atoms with van der Waals surface area (Å²) in [4.78, 5) is 45.7. The van der Waals surface area contributed by atoms with E-state index in [1.54, 1.807) is 55.5 Å². The number of aliphatic hydroxyl groups is 1. The number of amides is 1. The number of aromatic nitrogens is 1. The highest BCUT2D eigenvalue weighted by molar-refractivity contribution is 7.17. The lowest BCUT2D eigenvalue weighted by molar-refractivity contribution is -0.132. The molecule has 1 aromatic heterocycles. The first-order valence-electron chi connectivity index (χ1n) is 12.9. The lowest BCUT2D eigenvalue weighted by Crippen LogP contribution is -2.29. The van der Waals surface area contributed by atoms with Gasteiger partial charge in [0.05, 0.1) is 17.3 Å². The maximum Gasteiger partial charge on any atom is 0.350 e. The average Bonchev–Trinajstić information content (AvgIpc) is 3.61.